The first-order valence-electron chi connectivity index (χ1n) is 5.57. The van der Waals surface area contributed by atoms with E-state index in [1.54, 1.807) is 11.3 Å². The molecule has 5 heteroatoms. The summed E-state index contributed by atoms with van der Waals surface area (Å²) in [5.41, 5.74) is 3.24. The summed E-state index contributed by atoms with van der Waals surface area (Å²) < 4.78 is 2.00. The van der Waals surface area contributed by atoms with Crippen molar-refractivity contribution in [1.82, 2.24) is 14.8 Å². The maximum absolute atomic E-state index is 4.56. The zero-order chi connectivity index (χ0) is 12.0. The fourth-order valence-electron chi connectivity index (χ4n) is 2.06. The van der Waals surface area contributed by atoms with E-state index < -0.39 is 0 Å². The lowest BCUT2D eigenvalue weighted by Crippen LogP contribution is -2.19. The van der Waals surface area contributed by atoms with Crippen LogP contribution in [0.1, 0.15) is 29.4 Å². The van der Waals surface area contributed by atoms with Crippen LogP contribution in [0.5, 0.6) is 0 Å². The molecule has 2 aromatic heterocycles. The smallest absolute Gasteiger partial charge is 0.129 e. The number of hydrogen-bond acceptors (Lipinski definition) is 4. The summed E-state index contributed by atoms with van der Waals surface area (Å²) in [6.07, 6.45) is 2.16. The van der Waals surface area contributed by atoms with E-state index in [2.05, 4.69) is 39.8 Å². The first kappa shape index (κ1) is 10.5. The Hall–Kier alpha value is -1.62. The van der Waals surface area contributed by atoms with Gasteiger partial charge in [0.15, 0.2) is 0 Å². The molecule has 1 unspecified atom stereocenters. The van der Waals surface area contributed by atoms with Crippen LogP contribution in [-0.4, -0.2) is 14.8 Å². The number of aryl methyl sites for hydroxylation is 2. The highest BCUT2D eigenvalue weighted by Gasteiger charge is 2.23. The SMILES string of the molecule is CC1=CC(c2nc(C)cs2)n2nc(C)cc2N1. The maximum Gasteiger partial charge on any atom is 0.129 e. The molecule has 0 saturated heterocycles. The standard InChI is InChI=1S/C12H14N4S/c1-7-4-10(12-14-9(3)6-17-12)16-11(13-7)5-8(2)15-16/h4-6,10,13H,1-3H3. The molecule has 1 aliphatic rings. The number of fused-ring (bicyclic) bond motifs is 1. The lowest BCUT2D eigenvalue weighted by Gasteiger charge is -2.21. The number of thiazole rings is 1. The number of hydrogen-bond donors (Lipinski definition) is 1. The largest absolute Gasteiger partial charge is 0.344 e. The maximum atomic E-state index is 4.56. The summed E-state index contributed by atoms with van der Waals surface area (Å²) in [5, 5.41) is 11.0. The van der Waals surface area contributed by atoms with Crippen LogP contribution in [0, 0.1) is 13.8 Å². The minimum Gasteiger partial charge on any atom is -0.344 e. The Morgan fingerprint density at radius 3 is 2.82 bits per heavy atom. The van der Waals surface area contributed by atoms with Crippen molar-refractivity contribution >= 4 is 17.2 Å². The Morgan fingerprint density at radius 2 is 2.12 bits per heavy atom. The molecule has 0 saturated carbocycles. The second-order valence-corrected chi connectivity index (χ2v) is 5.25. The molecule has 88 valence electrons. The zero-order valence-corrected chi connectivity index (χ0v) is 10.9. The lowest BCUT2D eigenvalue weighted by molar-refractivity contribution is 0.596. The molecule has 0 spiro atoms. The molecular formula is C12H14N4S. The molecule has 0 amide bonds. The van der Waals surface area contributed by atoms with Crippen LogP contribution in [0.25, 0.3) is 0 Å². The molecule has 1 N–H and O–H groups in total. The van der Waals surface area contributed by atoms with E-state index in [9.17, 15) is 0 Å². The molecule has 17 heavy (non-hydrogen) atoms. The van der Waals surface area contributed by atoms with Crippen LogP contribution in [-0.2, 0) is 0 Å². The highest BCUT2D eigenvalue weighted by atomic mass is 32.1. The van der Waals surface area contributed by atoms with Gasteiger partial charge in [0.25, 0.3) is 0 Å². The van der Waals surface area contributed by atoms with E-state index in [-0.39, 0.29) is 6.04 Å². The average molecular weight is 246 g/mol. The molecular weight excluding hydrogens is 232 g/mol. The Bertz CT molecular complexity index is 593. The van der Waals surface area contributed by atoms with E-state index in [0.29, 0.717) is 0 Å². The van der Waals surface area contributed by atoms with Crippen molar-refractivity contribution in [2.75, 3.05) is 5.32 Å². The summed E-state index contributed by atoms with van der Waals surface area (Å²) in [6.45, 7) is 6.10. The zero-order valence-electron chi connectivity index (χ0n) is 10.1. The number of allylic oxidation sites excluding steroid dienone is 2. The molecule has 3 heterocycles. The Kier molecular flexibility index (Phi) is 2.29. The Balaban J connectivity index is 2.11. The number of nitrogens with one attached hydrogen (secondary N) is 1. The van der Waals surface area contributed by atoms with Crippen LogP contribution >= 0.6 is 11.3 Å². The van der Waals surface area contributed by atoms with E-state index in [1.165, 1.54) is 0 Å². The highest BCUT2D eigenvalue weighted by molar-refractivity contribution is 7.09. The predicted octanol–water partition coefficient (Wildman–Crippen LogP) is 2.88. The Labute approximate surface area is 104 Å². The number of rotatable bonds is 1. The molecule has 0 fully saturated rings. The van der Waals surface area contributed by atoms with Gasteiger partial charge in [0.1, 0.15) is 16.9 Å². The van der Waals surface area contributed by atoms with Crippen LogP contribution < -0.4 is 5.32 Å². The third-order valence-corrected chi connectivity index (χ3v) is 3.78. The number of aromatic nitrogens is 3. The molecule has 2 aromatic rings. The fourth-order valence-corrected chi connectivity index (χ4v) is 2.91. The van der Waals surface area contributed by atoms with Crippen LogP contribution in [0.3, 0.4) is 0 Å². The summed E-state index contributed by atoms with van der Waals surface area (Å²) in [6, 6.07) is 2.18. The summed E-state index contributed by atoms with van der Waals surface area (Å²) in [4.78, 5) is 4.56. The van der Waals surface area contributed by atoms with Gasteiger partial charge in [-0.3, -0.25) is 0 Å². The van der Waals surface area contributed by atoms with Crippen LogP contribution in [0.4, 0.5) is 5.82 Å². The number of nitrogens with zero attached hydrogens (tertiary/aromatic N) is 3. The summed E-state index contributed by atoms with van der Waals surface area (Å²) in [7, 11) is 0. The van der Waals surface area contributed by atoms with Crippen molar-refractivity contribution in [1.29, 1.82) is 0 Å². The van der Waals surface area contributed by atoms with Crippen molar-refractivity contribution < 1.29 is 0 Å². The summed E-state index contributed by atoms with van der Waals surface area (Å²) >= 11 is 1.69. The minimum atomic E-state index is 0.124. The highest BCUT2D eigenvalue weighted by Crippen LogP contribution is 2.31. The second-order valence-electron chi connectivity index (χ2n) is 4.36. The molecule has 3 rings (SSSR count). The summed E-state index contributed by atoms with van der Waals surface area (Å²) in [5.74, 6) is 1.04. The monoisotopic (exact) mass is 246 g/mol. The van der Waals surface area contributed by atoms with E-state index in [0.717, 1.165) is 27.9 Å². The van der Waals surface area contributed by atoms with E-state index >= 15 is 0 Å². The van der Waals surface area contributed by atoms with E-state index in [1.807, 2.05) is 18.5 Å². The van der Waals surface area contributed by atoms with Gasteiger partial charge in [-0.25, -0.2) is 9.67 Å². The average Bonchev–Trinajstić information content (AvgIpc) is 2.82. The third kappa shape index (κ3) is 1.76. The van der Waals surface area contributed by atoms with Crippen LogP contribution in [0.2, 0.25) is 0 Å². The Morgan fingerprint density at radius 1 is 1.29 bits per heavy atom. The van der Waals surface area contributed by atoms with Gasteiger partial charge in [-0.15, -0.1) is 11.3 Å². The molecule has 1 aliphatic heterocycles. The molecule has 4 nitrogen and oxygen atoms in total. The van der Waals surface area contributed by atoms with Crippen molar-refractivity contribution in [3.8, 4) is 0 Å². The molecule has 0 aromatic carbocycles. The van der Waals surface area contributed by atoms with Crippen molar-refractivity contribution in [2.45, 2.75) is 26.8 Å². The van der Waals surface area contributed by atoms with Gasteiger partial charge in [0, 0.05) is 22.8 Å². The van der Waals surface area contributed by atoms with Crippen LogP contribution in [0.15, 0.2) is 23.2 Å². The normalized spacial score (nSPS) is 18.5. The lowest BCUT2D eigenvalue weighted by atomic mass is 10.2. The van der Waals surface area contributed by atoms with Gasteiger partial charge in [0.05, 0.1) is 5.69 Å². The third-order valence-electron chi connectivity index (χ3n) is 2.74. The molecule has 0 radical (unpaired) electrons. The molecule has 0 aliphatic carbocycles. The van der Waals surface area contributed by atoms with Gasteiger partial charge in [-0.2, -0.15) is 5.10 Å². The van der Waals surface area contributed by atoms with E-state index in [4.69, 9.17) is 0 Å². The van der Waals surface area contributed by atoms with Gasteiger partial charge in [0.2, 0.25) is 0 Å². The molecule has 0 bridgehead atoms. The first-order chi connectivity index (χ1) is 8.13. The minimum absolute atomic E-state index is 0.124. The topological polar surface area (TPSA) is 42.7 Å². The second kappa shape index (κ2) is 3.70. The predicted molar refractivity (Wildman–Crippen MR) is 69.3 cm³/mol. The fraction of sp³-hybridized carbons (Fsp3) is 0.333. The van der Waals surface area contributed by atoms with Crippen molar-refractivity contribution in [2.24, 2.45) is 0 Å². The van der Waals surface area contributed by atoms with Gasteiger partial charge in [-0.1, -0.05) is 0 Å². The van der Waals surface area contributed by atoms with Crippen molar-refractivity contribution in [3.63, 3.8) is 0 Å². The van der Waals surface area contributed by atoms with Gasteiger partial charge >= 0.3 is 0 Å². The van der Waals surface area contributed by atoms with Gasteiger partial charge in [-0.05, 0) is 26.8 Å². The quantitative estimate of drug-likeness (QED) is 0.841. The number of anilines is 1. The molecule has 1 atom stereocenters. The van der Waals surface area contributed by atoms with Crippen molar-refractivity contribution in [3.05, 3.63) is 39.6 Å². The van der Waals surface area contributed by atoms with Gasteiger partial charge < -0.3 is 5.32 Å². The first-order valence-corrected chi connectivity index (χ1v) is 6.45.